The number of halogens is 1. The molecule has 1 atom stereocenters. The Kier molecular flexibility index (Phi) is 3.66. The molecule has 2 heteroatoms. The van der Waals surface area contributed by atoms with Crippen molar-refractivity contribution in [2.75, 3.05) is 0 Å². The van der Waals surface area contributed by atoms with E-state index in [0.29, 0.717) is 6.42 Å². The minimum absolute atomic E-state index is 0.210. The first kappa shape index (κ1) is 11.5. The van der Waals surface area contributed by atoms with E-state index in [1.54, 1.807) is 12.1 Å². The van der Waals surface area contributed by atoms with Gasteiger partial charge >= 0.3 is 0 Å². The Labute approximate surface area is 99.9 Å². The van der Waals surface area contributed by atoms with Crippen molar-refractivity contribution in [3.63, 3.8) is 0 Å². The Morgan fingerprint density at radius 2 is 1.65 bits per heavy atom. The maximum absolute atomic E-state index is 12.8. The molecule has 0 aliphatic carbocycles. The fraction of sp³-hybridized carbons (Fsp3) is 0.133. The summed E-state index contributed by atoms with van der Waals surface area (Å²) in [6, 6.07) is 15.9. The van der Waals surface area contributed by atoms with Gasteiger partial charge in [0.15, 0.2) is 0 Å². The molecule has 0 spiro atoms. The zero-order valence-corrected chi connectivity index (χ0v) is 9.34. The molecule has 0 aromatic heterocycles. The monoisotopic (exact) mass is 228 g/mol. The highest BCUT2D eigenvalue weighted by molar-refractivity contribution is 5.62. The Morgan fingerprint density at radius 1 is 1.00 bits per heavy atom. The molecule has 1 unspecified atom stereocenters. The third-order valence-corrected chi connectivity index (χ3v) is 2.76. The fourth-order valence-electron chi connectivity index (χ4n) is 1.82. The Bertz CT molecular complexity index is 476. The molecule has 0 heterocycles. The third-order valence-electron chi connectivity index (χ3n) is 2.76. The third kappa shape index (κ3) is 3.00. The maximum Gasteiger partial charge on any atom is 0.127 e. The van der Waals surface area contributed by atoms with E-state index in [-0.39, 0.29) is 11.7 Å². The Morgan fingerprint density at radius 3 is 2.24 bits per heavy atom. The lowest BCUT2D eigenvalue weighted by Gasteiger charge is -2.10. The molecule has 2 rings (SSSR count). The summed E-state index contributed by atoms with van der Waals surface area (Å²) in [5, 5.41) is 0. The summed E-state index contributed by atoms with van der Waals surface area (Å²) in [7, 11) is 0. The Balaban J connectivity index is 2.17. The zero-order valence-electron chi connectivity index (χ0n) is 9.34. The van der Waals surface area contributed by atoms with Crippen molar-refractivity contribution in [2.24, 2.45) is 0 Å². The number of benzene rings is 2. The molecule has 0 aliphatic rings. The molecule has 1 nitrogen and oxygen atoms in total. The smallest absolute Gasteiger partial charge is 0.127 e. The van der Waals surface area contributed by atoms with Gasteiger partial charge in [0.25, 0.3) is 0 Å². The highest BCUT2D eigenvalue weighted by Crippen LogP contribution is 2.19. The molecule has 0 radical (unpaired) electrons. The lowest BCUT2D eigenvalue weighted by atomic mass is 9.93. The van der Waals surface area contributed by atoms with Gasteiger partial charge in [0.1, 0.15) is 12.1 Å². The van der Waals surface area contributed by atoms with Crippen molar-refractivity contribution in [3.8, 4) is 0 Å². The number of aldehydes is 1. The van der Waals surface area contributed by atoms with Gasteiger partial charge in [-0.15, -0.1) is 0 Å². The van der Waals surface area contributed by atoms with Crippen LogP contribution in [0.2, 0.25) is 0 Å². The predicted molar refractivity (Wildman–Crippen MR) is 65.4 cm³/mol. The van der Waals surface area contributed by atoms with Crippen molar-refractivity contribution in [1.29, 1.82) is 0 Å². The number of rotatable bonds is 4. The summed E-state index contributed by atoms with van der Waals surface area (Å²) >= 11 is 0. The van der Waals surface area contributed by atoms with Crippen LogP contribution in [0.15, 0.2) is 54.6 Å². The minimum atomic E-state index is -0.280. The van der Waals surface area contributed by atoms with E-state index in [2.05, 4.69) is 0 Å². The van der Waals surface area contributed by atoms with Crippen LogP contribution in [0.25, 0.3) is 0 Å². The van der Waals surface area contributed by atoms with Crippen molar-refractivity contribution < 1.29 is 9.18 Å². The molecule has 0 saturated heterocycles. The highest BCUT2D eigenvalue weighted by Gasteiger charge is 2.11. The van der Waals surface area contributed by atoms with Gasteiger partial charge in [-0.1, -0.05) is 42.5 Å². The van der Waals surface area contributed by atoms with Crippen molar-refractivity contribution in [3.05, 3.63) is 71.5 Å². The molecular formula is C15H13FO. The summed E-state index contributed by atoms with van der Waals surface area (Å²) in [6.07, 6.45) is 1.57. The van der Waals surface area contributed by atoms with Crippen LogP contribution in [0, 0.1) is 5.82 Å². The van der Waals surface area contributed by atoms with E-state index in [4.69, 9.17) is 0 Å². The molecule has 0 N–H and O–H groups in total. The lowest BCUT2D eigenvalue weighted by Crippen LogP contribution is -2.04. The molecule has 0 fully saturated rings. The number of carbonyl (C=O) groups is 1. The number of carbonyl (C=O) groups excluding carboxylic acids is 1. The van der Waals surface area contributed by atoms with E-state index in [0.717, 1.165) is 17.4 Å². The van der Waals surface area contributed by atoms with Gasteiger partial charge in [-0.25, -0.2) is 4.39 Å². The van der Waals surface area contributed by atoms with Crippen molar-refractivity contribution >= 4 is 6.29 Å². The van der Waals surface area contributed by atoms with E-state index in [9.17, 15) is 9.18 Å². The lowest BCUT2D eigenvalue weighted by molar-refractivity contribution is -0.109. The van der Waals surface area contributed by atoms with Crippen LogP contribution in [0.1, 0.15) is 17.0 Å². The second-order valence-electron chi connectivity index (χ2n) is 3.98. The normalized spacial score (nSPS) is 12.1. The summed E-state index contributed by atoms with van der Waals surface area (Å²) in [5.74, 6) is -0.490. The molecule has 0 bridgehead atoms. The van der Waals surface area contributed by atoms with E-state index >= 15 is 0 Å². The molecule has 0 aliphatic heterocycles. The van der Waals surface area contributed by atoms with Gasteiger partial charge in [-0.3, -0.25) is 0 Å². The summed E-state index contributed by atoms with van der Waals surface area (Å²) < 4.78 is 12.8. The molecule has 0 amide bonds. The standard InChI is InChI=1S/C15H13FO/c16-15-8-6-13(7-9-15)14(11-17)10-12-4-2-1-3-5-12/h1-9,11,14H,10H2. The second kappa shape index (κ2) is 5.39. The summed E-state index contributed by atoms with van der Waals surface area (Å²) in [5.41, 5.74) is 1.96. The van der Waals surface area contributed by atoms with Gasteiger partial charge in [0.05, 0.1) is 0 Å². The van der Waals surface area contributed by atoms with Crippen LogP contribution in [0.5, 0.6) is 0 Å². The number of hydrogen-bond acceptors (Lipinski definition) is 1. The molecule has 86 valence electrons. The van der Waals surface area contributed by atoms with Crippen LogP contribution in [0.3, 0.4) is 0 Å². The predicted octanol–water partition coefficient (Wildman–Crippen LogP) is 3.35. The van der Waals surface area contributed by atoms with E-state index in [1.165, 1.54) is 12.1 Å². The first-order valence-electron chi connectivity index (χ1n) is 5.54. The van der Waals surface area contributed by atoms with Crippen molar-refractivity contribution in [1.82, 2.24) is 0 Å². The van der Waals surface area contributed by atoms with Crippen LogP contribution in [0.4, 0.5) is 4.39 Å². The minimum Gasteiger partial charge on any atom is -0.303 e. The summed E-state index contributed by atoms with van der Waals surface area (Å²) in [6.45, 7) is 0. The summed E-state index contributed by atoms with van der Waals surface area (Å²) in [4.78, 5) is 11.1. The highest BCUT2D eigenvalue weighted by atomic mass is 19.1. The second-order valence-corrected chi connectivity index (χ2v) is 3.98. The molecular weight excluding hydrogens is 215 g/mol. The average molecular weight is 228 g/mol. The topological polar surface area (TPSA) is 17.1 Å². The van der Waals surface area contributed by atoms with Crippen LogP contribution < -0.4 is 0 Å². The van der Waals surface area contributed by atoms with Gasteiger partial charge in [-0.05, 0) is 29.7 Å². The number of hydrogen-bond donors (Lipinski definition) is 0. The maximum atomic E-state index is 12.8. The van der Waals surface area contributed by atoms with Gasteiger partial charge < -0.3 is 4.79 Å². The largest absolute Gasteiger partial charge is 0.303 e. The zero-order chi connectivity index (χ0) is 12.1. The van der Waals surface area contributed by atoms with Crippen LogP contribution >= 0.6 is 0 Å². The van der Waals surface area contributed by atoms with Crippen LogP contribution in [-0.2, 0) is 11.2 Å². The molecule has 0 saturated carbocycles. The van der Waals surface area contributed by atoms with Crippen LogP contribution in [-0.4, -0.2) is 6.29 Å². The van der Waals surface area contributed by atoms with Gasteiger partial charge in [-0.2, -0.15) is 0 Å². The van der Waals surface area contributed by atoms with Gasteiger partial charge in [0, 0.05) is 5.92 Å². The average Bonchev–Trinajstić information content (AvgIpc) is 2.38. The molecule has 2 aromatic carbocycles. The quantitative estimate of drug-likeness (QED) is 0.733. The van der Waals surface area contributed by atoms with E-state index < -0.39 is 0 Å². The first-order chi connectivity index (χ1) is 8.29. The van der Waals surface area contributed by atoms with Crippen molar-refractivity contribution in [2.45, 2.75) is 12.3 Å². The first-order valence-corrected chi connectivity index (χ1v) is 5.54. The fourth-order valence-corrected chi connectivity index (χ4v) is 1.82. The molecule has 2 aromatic rings. The SMILES string of the molecule is O=CC(Cc1ccccc1)c1ccc(F)cc1. The van der Waals surface area contributed by atoms with Gasteiger partial charge in [0.2, 0.25) is 0 Å². The Hall–Kier alpha value is -1.96. The molecule has 17 heavy (non-hydrogen) atoms. The van der Waals surface area contributed by atoms with E-state index in [1.807, 2.05) is 30.3 Å².